The number of ether oxygens (including phenoxy) is 2. The number of nitrogens with zero attached hydrogens (tertiary/aromatic N) is 3. The van der Waals surface area contributed by atoms with Gasteiger partial charge >= 0.3 is 6.01 Å². The molecule has 6 nitrogen and oxygen atoms in total. The van der Waals surface area contributed by atoms with Crippen LogP contribution in [0.15, 0.2) is 0 Å². The fourth-order valence-corrected chi connectivity index (χ4v) is 1.40. The molecule has 0 aliphatic heterocycles. The van der Waals surface area contributed by atoms with Crippen molar-refractivity contribution in [3.63, 3.8) is 0 Å². The number of aromatic nitrogens is 3. The van der Waals surface area contributed by atoms with Crippen LogP contribution in [-0.4, -0.2) is 42.3 Å². The summed E-state index contributed by atoms with van der Waals surface area (Å²) in [5, 5.41) is 3.19. The summed E-state index contributed by atoms with van der Waals surface area (Å²) in [5.41, 5.74) is 0. The predicted octanol–water partition coefficient (Wildman–Crippen LogP) is 1.76. The molecule has 1 aromatic rings. The molecule has 0 aliphatic rings. The van der Waals surface area contributed by atoms with E-state index in [2.05, 4.69) is 20.3 Å². The van der Waals surface area contributed by atoms with E-state index in [0.717, 1.165) is 32.4 Å². The molecule has 0 saturated carbocycles. The van der Waals surface area contributed by atoms with Gasteiger partial charge in [-0.15, -0.1) is 0 Å². The minimum Gasteiger partial charge on any atom is -0.467 e. The van der Waals surface area contributed by atoms with Crippen molar-refractivity contribution >= 4 is 17.5 Å². The van der Waals surface area contributed by atoms with Crippen LogP contribution < -0.4 is 10.1 Å². The molecule has 1 rings (SSSR count). The second-order valence-electron chi connectivity index (χ2n) is 3.39. The fraction of sp³-hybridized carbons (Fsp3) is 0.700. The van der Waals surface area contributed by atoms with Crippen LogP contribution >= 0.6 is 11.6 Å². The summed E-state index contributed by atoms with van der Waals surface area (Å²) in [5.74, 6) is 0.439. The van der Waals surface area contributed by atoms with E-state index >= 15 is 0 Å². The maximum absolute atomic E-state index is 5.71. The molecule has 7 heteroatoms. The maximum atomic E-state index is 5.71. The van der Waals surface area contributed by atoms with Gasteiger partial charge in [-0.25, -0.2) is 0 Å². The highest BCUT2D eigenvalue weighted by molar-refractivity contribution is 6.28. The Kier molecular flexibility index (Phi) is 6.57. The van der Waals surface area contributed by atoms with Gasteiger partial charge in [0, 0.05) is 20.3 Å². The van der Waals surface area contributed by atoms with Crippen LogP contribution in [0.1, 0.15) is 19.3 Å². The first-order chi connectivity index (χ1) is 8.26. The average molecular weight is 261 g/mol. The highest BCUT2D eigenvalue weighted by Gasteiger charge is 2.03. The summed E-state index contributed by atoms with van der Waals surface area (Å²) in [6, 6.07) is 0.215. The summed E-state index contributed by atoms with van der Waals surface area (Å²) in [6.45, 7) is 1.58. The lowest BCUT2D eigenvalue weighted by atomic mass is 10.2. The Labute approximate surface area is 106 Å². The van der Waals surface area contributed by atoms with E-state index in [-0.39, 0.29) is 11.3 Å². The van der Waals surface area contributed by atoms with Crippen molar-refractivity contribution in [2.24, 2.45) is 0 Å². The summed E-state index contributed by atoms with van der Waals surface area (Å²) in [6.07, 6.45) is 3.17. The third-order valence-corrected chi connectivity index (χ3v) is 2.25. The molecule has 1 aromatic heterocycles. The molecule has 0 amide bonds. The smallest absolute Gasteiger partial charge is 0.322 e. The van der Waals surface area contributed by atoms with Crippen LogP contribution in [0, 0.1) is 0 Å². The number of methoxy groups -OCH3 is 2. The number of rotatable bonds is 8. The second kappa shape index (κ2) is 8.03. The van der Waals surface area contributed by atoms with Crippen molar-refractivity contribution in [1.29, 1.82) is 0 Å². The zero-order valence-corrected chi connectivity index (χ0v) is 10.8. The highest BCUT2D eigenvalue weighted by atomic mass is 35.5. The van der Waals surface area contributed by atoms with E-state index in [1.165, 1.54) is 7.11 Å². The fourth-order valence-electron chi connectivity index (χ4n) is 1.25. The Hall–Kier alpha value is -1.14. The number of halogens is 1. The second-order valence-corrected chi connectivity index (χ2v) is 3.73. The van der Waals surface area contributed by atoms with Crippen LogP contribution in [0.5, 0.6) is 6.01 Å². The molecule has 0 aromatic carbocycles. The zero-order valence-electron chi connectivity index (χ0n) is 10.1. The van der Waals surface area contributed by atoms with Gasteiger partial charge in [-0.05, 0) is 30.9 Å². The van der Waals surface area contributed by atoms with Crippen LogP contribution in [0.2, 0.25) is 5.28 Å². The quantitative estimate of drug-likeness (QED) is 0.719. The van der Waals surface area contributed by atoms with Crippen molar-refractivity contribution in [2.45, 2.75) is 19.3 Å². The van der Waals surface area contributed by atoms with Crippen molar-refractivity contribution in [1.82, 2.24) is 15.0 Å². The Balaban J connectivity index is 2.28. The molecule has 0 aliphatic carbocycles. The molecule has 17 heavy (non-hydrogen) atoms. The lowest BCUT2D eigenvalue weighted by molar-refractivity contribution is 0.192. The third kappa shape index (κ3) is 5.65. The standard InChI is InChI=1S/C10H17ClN4O2/c1-16-7-5-3-4-6-12-9-13-8(11)14-10(15-9)17-2/h3-7H2,1-2H3,(H,12,13,14,15). The molecule has 0 unspecified atom stereocenters. The maximum Gasteiger partial charge on any atom is 0.322 e. The number of hydrogen-bond donors (Lipinski definition) is 1. The normalized spacial score (nSPS) is 10.3. The molecule has 0 spiro atoms. The lowest BCUT2D eigenvalue weighted by Gasteiger charge is -2.05. The highest BCUT2D eigenvalue weighted by Crippen LogP contribution is 2.10. The number of hydrogen-bond acceptors (Lipinski definition) is 6. The average Bonchev–Trinajstić information content (AvgIpc) is 2.33. The van der Waals surface area contributed by atoms with E-state index < -0.39 is 0 Å². The van der Waals surface area contributed by atoms with E-state index in [1.807, 2.05) is 0 Å². The Bertz CT molecular complexity index is 338. The van der Waals surface area contributed by atoms with Gasteiger partial charge in [0.25, 0.3) is 0 Å². The topological polar surface area (TPSA) is 69.2 Å². The van der Waals surface area contributed by atoms with Gasteiger partial charge in [-0.2, -0.15) is 15.0 Å². The molecule has 1 heterocycles. The minimum atomic E-state index is 0.124. The van der Waals surface area contributed by atoms with E-state index in [9.17, 15) is 0 Å². The summed E-state index contributed by atoms with van der Waals surface area (Å²) in [4.78, 5) is 11.8. The van der Waals surface area contributed by atoms with Crippen molar-refractivity contribution in [3.05, 3.63) is 5.28 Å². The van der Waals surface area contributed by atoms with E-state index in [0.29, 0.717) is 5.95 Å². The predicted molar refractivity (Wildman–Crippen MR) is 65.6 cm³/mol. The molecule has 0 atom stereocenters. The molecule has 1 N–H and O–H groups in total. The van der Waals surface area contributed by atoms with Crippen LogP contribution in [0.3, 0.4) is 0 Å². The summed E-state index contributed by atoms with van der Waals surface area (Å²) >= 11 is 5.71. The van der Waals surface area contributed by atoms with Crippen molar-refractivity contribution in [2.75, 3.05) is 32.7 Å². The number of nitrogens with one attached hydrogen (secondary N) is 1. The van der Waals surface area contributed by atoms with Crippen molar-refractivity contribution in [3.8, 4) is 6.01 Å². The van der Waals surface area contributed by atoms with Crippen molar-refractivity contribution < 1.29 is 9.47 Å². The Morgan fingerprint density at radius 3 is 2.65 bits per heavy atom. The minimum absolute atomic E-state index is 0.124. The molecular formula is C10H17ClN4O2. The van der Waals surface area contributed by atoms with Crippen LogP contribution in [-0.2, 0) is 4.74 Å². The molecule has 96 valence electrons. The molecule has 0 saturated heterocycles. The van der Waals surface area contributed by atoms with E-state index in [1.54, 1.807) is 7.11 Å². The third-order valence-electron chi connectivity index (χ3n) is 2.08. The molecule has 0 fully saturated rings. The first kappa shape index (κ1) is 13.9. The molecule has 0 radical (unpaired) electrons. The first-order valence-electron chi connectivity index (χ1n) is 5.44. The van der Waals surface area contributed by atoms with Gasteiger partial charge in [-0.3, -0.25) is 0 Å². The first-order valence-corrected chi connectivity index (χ1v) is 5.82. The summed E-state index contributed by atoms with van der Waals surface area (Å²) in [7, 11) is 3.19. The molecular weight excluding hydrogens is 244 g/mol. The van der Waals surface area contributed by atoms with Gasteiger partial charge in [0.05, 0.1) is 7.11 Å². The Morgan fingerprint density at radius 1 is 1.12 bits per heavy atom. The van der Waals surface area contributed by atoms with Gasteiger partial charge in [0.2, 0.25) is 11.2 Å². The monoisotopic (exact) mass is 260 g/mol. The lowest BCUT2D eigenvalue weighted by Crippen LogP contribution is -2.07. The number of anilines is 1. The largest absolute Gasteiger partial charge is 0.467 e. The van der Waals surface area contributed by atoms with Crippen LogP contribution in [0.25, 0.3) is 0 Å². The zero-order chi connectivity index (χ0) is 12.5. The van der Waals surface area contributed by atoms with Gasteiger partial charge in [0.1, 0.15) is 0 Å². The van der Waals surface area contributed by atoms with E-state index in [4.69, 9.17) is 21.1 Å². The summed E-state index contributed by atoms with van der Waals surface area (Å²) < 4.78 is 9.86. The molecule has 0 bridgehead atoms. The van der Waals surface area contributed by atoms with Crippen LogP contribution in [0.4, 0.5) is 5.95 Å². The van der Waals surface area contributed by atoms with Gasteiger partial charge < -0.3 is 14.8 Å². The Morgan fingerprint density at radius 2 is 1.94 bits per heavy atom. The SMILES string of the molecule is COCCCCCNc1nc(Cl)nc(OC)n1. The van der Waals surface area contributed by atoms with Gasteiger partial charge in [-0.1, -0.05) is 0 Å². The number of unbranched alkanes of at least 4 members (excludes halogenated alkanes) is 2. The van der Waals surface area contributed by atoms with Gasteiger partial charge in [0.15, 0.2) is 0 Å².